The number of carbonyl (C=O) groups is 2. The molecule has 3 aromatic rings. The lowest BCUT2D eigenvalue weighted by molar-refractivity contribution is -0.274. The lowest BCUT2D eigenvalue weighted by Gasteiger charge is -2.10. The fourth-order valence-corrected chi connectivity index (χ4v) is 3.55. The van der Waals surface area contributed by atoms with Crippen LogP contribution in [0, 0.1) is 0 Å². The first kappa shape index (κ1) is 21.1. The van der Waals surface area contributed by atoms with Crippen molar-refractivity contribution >= 4 is 33.3 Å². The number of carboxylic acid groups (broad SMARTS) is 1. The fraction of sp³-hybridized carbons (Fsp3) is 0.105. The second-order valence-corrected chi connectivity index (χ2v) is 7.00. The molecular formula is C19H12F3NO6S. The number of ether oxygens (including phenoxy) is 1. The standard InChI is InChI=1S/C19H12F3NO6S/c20-19(21,22)29-11-4-1-9(2-5-11)10-3-6-13-12(7-10)16(26)15(18(28)30-13)17(27)23-8-14(24)25/h1-7,28H,8H2,(H,23,27)(H,24,25). The minimum absolute atomic E-state index is 0.0893. The van der Waals surface area contributed by atoms with Crippen LogP contribution in [-0.4, -0.2) is 35.0 Å². The molecule has 156 valence electrons. The molecule has 1 aromatic heterocycles. The molecule has 0 fully saturated rings. The minimum Gasteiger partial charge on any atom is -0.499 e. The number of amides is 1. The second kappa shape index (κ2) is 8.03. The van der Waals surface area contributed by atoms with Crippen LogP contribution in [0.1, 0.15) is 10.4 Å². The van der Waals surface area contributed by atoms with Crippen LogP contribution in [-0.2, 0) is 4.79 Å². The van der Waals surface area contributed by atoms with E-state index in [1.165, 1.54) is 24.3 Å². The zero-order valence-corrected chi connectivity index (χ0v) is 15.6. The van der Waals surface area contributed by atoms with Gasteiger partial charge in [-0.05, 0) is 35.4 Å². The SMILES string of the molecule is O=C(O)CNC(=O)c1c(O)sc2ccc(-c3ccc(OC(F)(F)F)cc3)cc2c1=O. The minimum atomic E-state index is -4.82. The maximum atomic E-state index is 12.7. The number of fused-ring (bicyclic) bond motifs is 1. The van der Waals surface area contributed by atoms with E-state index in [4.69, 9.17) is 5.11 Å². The molecule has 0 aliphatic heterocycles. The van der Waals surface area contributed by atoms with Gasteiger partial charge in [-0.1, -0.05) is 29.5 Å². The molecule has 11 heteroatoms. The Balaban J connectivity index is 2.00. The summed E-state index contributed by atoms with van der Waals surface area (Å²) in [5.74, 6) is -2.75. The second-order valence-electron chi connectivity index (χ2n) is 5.97. The average Bonchev–Trinajstić information content (AvgIpc) is 2.65. The predicted molar refractivity (Wildman–Crippen MR) is 102 cm³/mol. The Morgan fingerprint density at radius 2 is 1.70 bits per heavy atom. The average molecular weight is 439 g/mol. The molecule has 0 saturated carbocycles. The van der Waals surface area contributed by atoms with Gasteiger partial charge >= 0.3 is 12.3 Å². The van der Waals surface area contributed by atoms with E-state index in [1.54, 1.807) is 6.07 Å². The first-order chi connectivity index (χ1) is 14.0. The van der Waals surface area contributed by atoms with Gasteiger partial charge in [0.1, 0.15) is 17.9 Å². The number of hydrogen-bond donors (Lipinski definition) is 3. The van der Waals surface area contributed by atoms with Crippen LogP contribution < -0.4 is 15.5 Å². The molecule has 1 heterocycles. The third-order valence-corrected chi connectivity index (χ3v) is 4.89. The Hall–Kier alpha value is -3.60. The topological polar surface area (TPSA) is 113 Å². The van der Waals surface area contributed by atoms with E-state index in [2.05, 4.69) is 4.74 Å². The van der Waals surface area contributed by atoms with Gasteiger partial charge < -0.3 is 20.3 Å². The van der Waals surface area contributed by atoms with Crippen LogP contribution in [0.5, 0.6) is 10.8 Å². The van der Waals surface area contributed by atoms with Crippen molar-refractivity contribution in [3.05, 3.63) is 58.3 Å². The number of aliphatic carboxylic acids is 1. The number of rotatable bonds is 5. The summed E-state index contributed by atoms with van der Waals surface area (Å²) in [4.78, 5) is 35.4. The zero-order valence-electron chi connectivity index (χ0n) is 14.8. The molecule has 3 N–H and O–H groups in total. The highest BCUT2D eigenvalue weighted by molar-refractivity contribution is 7.20. The van der Waals surface area contributed by atoms with E-state index < -0.39 is 46.6 Å². The molecule has 3 rings (SSSR count). The summed E-state index contributed by atoms with van der Waals surface area (Å²) in [6, 6.07) is 9.54. The summed E-state index contributed by atoms with van der Waals surface area (Å²) < 4.78 is 41.0. The van der Waals surface area contributed by atoms with Crippen molar-refractivity contribution < 1.29 is 37.7 Å². The van der Waals surface area contributed by atoms with Gasteiger partial charge in [-0.2, -0.15) is 0 Å². The maximum Gasteiger partial charge on any atom is 0.573 e. The highest BCUT2D eigenvalue weighted by Crippen LogP contribution is 2.32. The van der Waals surface area contributed by atoms with E-state index in [0.29, 0.717) is 15.8 Å². The van der Waals surface area contributed by atoms with Gasteiger partial charge in [-0.3, -0.25) is 14.4 Å². The van der Waals surface area contributed by atoms with Crippen LogP contribution in [0.2, 0.25) is 0 Å². The lowest BCUT2D eigenvalue weighted by atomic mass is 10.0. The van der Waals surface area contributed by atoms with Crippen LogP contribution in [0.15, 0.2) is 47.3 Å². The molecule has 0 aliphatic rings. The van der Waals surface area contributed by atoms with Crippen LogP contribution >= 0.6 is 11.3 Å². The molecule has 0 bridgehead atoms. The Kier molecular flexibility index (Phi) is 5.65. The molecular weight excluding hydrogens is 427 g/mol. The predicted octanol–water partition coefficient (Wildman–Crippen LogP) is 3.35. The van der Waals surface area contributed by atoms with Crippen molar-refractivity contribution in [3.63, 3.8) is 0 Å². The number of carbonyl (C=O) groups excluding carboxylic acids is 1. The van der Waals surface area contributed by atoms with E-state index in [-0.39, 0.29) is 5.39 Å². The zero-order chi connectivity index (χ0) is 22.1. The fourth-order valence-electron chi connectivity index (χ4n) is 2.66. The summed E-state index contributed by atoms with van der Waals surface area (Å²) in [7, 11) is 0. The van der Waals surface area contributed by atoms with E-state index in [9.17, 15) is 32.7 Å². The summed E-state index contributed by atoms with van der Waals surface area (Å²) in [6.45, 7) is -0.729. The van der Waals surface area contributed by atoms with Gasteiger partial charge in [0.05, 0.1) is 0 Å². The smallest absolute Gasteiger partial charge is 0.499 e. The van der Waals surface area contributed by atoms with Crippen molar-refractivity contribution in [2.24, 2.45) is 0 Å². The summed E-state index contributed by atoms with van der Waals surface area (Å²) in [5.41, 5.74) is -0.420. The summed E-state index contributed by atoms with van der Waals surface area (Å²) in [5, 5.41) is 20.2. The normalized spacial score (nSPS) is 11.3. The third-order valence-electron chi connectivity index (χ3n) is 3.92. The maximum absolute atomic E-state index is 12.7. The molecule has 1 amide bonds. The highest BCUT2D eigenvalue weighted by Gasteiger charge is 2.31. The number of aromatic hydroxyl groups is 1. The monoisotopic (exact) mass is 439 g/mol. The molecule has 0 unspecified atom stereocenters. The number of halogens is 3. The van der Waals surface area contributed by atoms with Crippen LogP contribution in [0.3, 0.4) is 0 Å². The van der Waals surface area contributed by atoms with Gasteiger partial charge in [0.2, 0.25) is 5.43 Å². The number of benzene rings is 2. The quantitative estimate of drug-likeness (QED) is 0.562. The molecule has 0 spiro atoms. The van der Waals surface area contributed by atoms with Crippen molar-refractivity contribution in [2.45, 2.75) is 6.36 Å². The van der Waals surface area contributed by atoms with Crippen molar-refractivity contribution in [2.75, 3.05) is 6.54 Å². The van der Waals surface area contributed by atoms with E-state index in [1.807, 2.05) is 5.32 Å². The van der Waals surface area contributed by atoms with Gasteiger partial charge in [0, 0.05) is 10.1 Å². The van der Waals surface area contributed by atoms with E-state index >= 15 is 0 Å². The van der Waals surface area contributed by atoms with Gasteiger partial charge in [0.25, 0.3) is 5.91 Å². The molecule has 2 aromatic carbocycles. The highest BCUT2D eigenvalue weighted by atomic mass is 32.1. The largest absolute Gasteiger partial charge is 0.573 e. The van der Waals surface area contributed by atoms with E-state index in [0.717, 1.165) is 23.5 Å². The first-order valence-electron chi connectivity index (χ1n) is 8.21. The Bertz CT molecular complexity index is 1190. The Labute approximate surface area is 170 Å². The third kappa shape index (κ3) is 4.69. The summed E-state index contributed by atoms with van der Waals surface area (Å²) in [6.07, 6.45) is -4.82. The van der Waals surface area contributed by atoms with Crippen LogP contribution in [0.4, 0.5) is 13.2 Å². The van der Waals surface area contributed by atoms with Crippen LogP contribution in [0.25, 0.3) is 21.2 Å². The first-order valence-corrected chi connectivity index (χ1v) is 9.03. The molecule has 0 aliphatic carbocycles. The molecule has 0 atom stereocenters. The lowest BCUT2D eigenvalue weighted by Crippen LogP contribution is -2.32. The molecule has 30 heavy (non-hydrogen) atoms. The Morgan fingerprint density at radius 1 is 1.07 bits per heavy atom. The van der Waals surface area contributed by atoms with Gasteiger partial charge in [-0.25, -0.2) is 0 Å². The summed E-state index contributed by atoms with van der Waals surface area (Å²) >= 11 is 0.760. The van der Waals surface area contributed by atoms with Gasteiger partial charge in [0.15, 0.2) is 5.06 Å². The van der Waals surface area contributed by atoms with Gasteiger partial charge in [-0.15, -0.1) is 13.2 Å². The van der Waals surface area contributed by atoms with Crippen molar-refractivity contribution in [1.82, 2.24) is 5.32 Å². The molecule has 0 radical (unpaired) electrons. The number of hydrogen-bond acceptors (Lipinski definition) is 6. The molecule has 0 saturated heterocycles. The van der Waals surface area contributed by atoms with Crippen molar-refractivity contribution in [3.8, 4) is 21.9 Å². The number of nitrogens with one attached hydrogen (secondary N) is 1. The molecule has 7 nitrogen and oxygen atoms in total. The number of carboxylic acids is 1. The van der Waals surface area contributed by atoms with Crippen molar-refractivity contribution in [1.29, 1.82) is 0 Å². The number of alkyl halides is 3. The Morgan fingerprint density at radius 3 is 2.30 bits per heavy atom.